The lowest BCUT2D eigenvalue weighted by Crippen LogP contribution is -2.58. The van der Waals surface area contributed by atoms with Crippen LogP contribution >= 0.6 is 0 Å². The summed E-state index contributed by atoms with van der Waals surface area (Å²) in [6, 6.07) is 23.0. The van der Waals surface area contributed by atoms with Crippen molar-refractivity contribution in [2.75, 3.05) is 18.5 Å². The standard InChI is InChI=1S/C37H37N3O7/c41-34(38-24-15-17-26(18-16-24)45-25-11-5-2-6-12-25)31-30-19-20-37(47-30)32(31)36(43)40(33(37)35(42)39-23-9-3-1-4-10-23)21-27-22-44-28-13-7-8-14-29(28)46-27/h2,5-8,11-20,23,27,30-33H,1,3-4,9-10,21-22H2,(H,38,41)(H,39,42)/t27-,30-,31+,32-,33+,37-/m1/s1. The van der Waals surface area contributed by atoms with Gasteiger partial charge >= 0.3 is 0 Å². The average molecular weight is 636 g/mol. The minimum Gasteiger partial charge on any atom is -0.486 e. The molecule has 8 rings (SSSR count). The van der Waals surface area contributed by atoms with Gasteiger partial charge in [0.1, 0.15) is 29.7 Å². The van der Waals surface area contributed by atoms with Crippen LogP contribution in [0.3, 0.4) is 0 Å². The highest BCUT2D eigenvalue weighted by molar-refractivity contribution is 6.02. The number of fused-ring (bicyclic) bond motifs is 2. The number of nitrogens with zero attached hydrogens (tertiary/aromatic N) is 1. The predicted octanol–water partition coefficient (Wildman–Crippen LogP) is 4.86. The quantitative estimate of drug-likeness (QED) is 0.340. The fourth-order valence-electron chi connectivity index (χ4n) is 7.82. The first-order valence-electron chi connectivity index (χ1n) is 16.5. The van der Waals surface area contributed by atoms with Crippen LogP contribution in [0.4, 0.5) is 5.69 Å². The van der Waals surface area contributed by atoms with E-state index in [0.717, 1.165) is 32.1 Å². The molecule has 3 fully saturated rings. The normalized spacial score (nSPS) is 29.0. The highest BCUT2D eigenvalue weighted by Crippen LogP contribution is 2.55. The van der Waals surface area contributed by atoms with E-state index in [1.807, 2.05) is 66.7 Å². The van der Waals surface area contributed by atoms with Gasteiger partial charge in [-0.15, -0.1) is 0 Å². The Kier molecular flexibility index (Phi) is 7.60. The minimum absolute atomic E-state index is 0.0420. The summed E-state index contributed by atoms with van der Waals surface area (Å²) in [5.41, 5.74) is -0.694. The molecule has 4 heterocycles. The summed E-state index contributed by atoms with van der Waals surface area (Å²) in [7, 11) is 0. The van der Waals surface area contributed by atoms with E-state index in [4.69, 9.17) is 18.9 Å². The van der Waals surface area contributed by atoms with Gasteiger partial charge in [-0.2, -0.15) is 0 Å². The zero-order valence-corrected chi connectivity index (χ0v) is 25.9. The van der Waals surface area contributed by atoms with Crippen LogP contribution in [0, 0.1) is 11.8 Å². The lowest BCUT2D eigenvalue weighted by atomic mass is 9.74. The van der Waals surface area contributed by atoms with Crippen molar-refractivity contribution >= 4 is 23.4 Å². The van der Waals surface area contributed by atoms with Crippen LogP contribution < -0.4 is 24.8 Å². The maximum atomic E-state index is 14.4. The van der Waals surface area contributed by atoms with Gasteiger partial charge in [-0.05, 0) is 61.4 Å². The molecule has 0 aromatic heterocycles. The molecule has 5 aliphatic rings. The molecule has 2 bridgehead atoms. The Hall–Kier alpha value is -4.83. The second-order valence-electron chi connectivity index (χ2n) is 13.0. The van der Waals surface area contributed by atoms with Crippen molar-refractivity contribution in [1.29, 1.82) is 0 Å². The van der Waals surface area contributed by atoms with Gasteiger partial charge in [0, 0.05) is 11.7 Å². The van der Waals surface area contributed by atoms with E-state index in [2.05, 4.69) is 10.6 Å². The average Bonchev–Trinajstić information content (AvgIpc) is 3.74. The second-order valence-corrected chi connectivity index (χ2v) is 13.0. The van der Waals surface area contributed by atoms with Gasteiger partial charge < -0.3 is 34.5 Å². The van der Waals surface area contributed by atoms with E-state index in [0.29, 0.717) is 28.7 Å². The number of carbonyl (C=O) groups excluding carboxylic acids is 3. The largest absolute Gasteiger partial charge is 0.486 e. The van der Waals surface area contributed by atoms with Crippen molar-refractivity contribution in [1.82, 2.24) is 10.2 Å². The molecule has 1 saturated carbocycles. The second kappa shape index (κ2) is 12.1. The maximum absolute atomic E-state index is 14.4. The molecule has 3 amide bonds. The molecule has 10 heteroatoms. The lowest BCUT2D eigenvalue weighted by molar-refractivity contribution is -0.143. The molecule has 10 nitrogen and oxygen atoms in total. The number of hydrogen-bond acceptors (Lipinski definition) is 7. The molecule has 47 heavy (non-hydrogen) atoms. The molecule has 1 spiro atoms. The van der Waals surface area contributed by atoms with Crippen LogP contribution in [0.1, 0.15) is 32.1 Å². The molecule has 4 aliphatic heterocycles. The first-order valence-corrected chi connectivity index (χ1v) is 16.5. The molecule has 2 saturated heterocycles. The van der Waals surface area contributed by atoms with Crippen LogP contribution in [0.2, 0.25) is 0 Å². The maximum Gasteiger partial charge on any atom is 0.246 e. The summed E-state index contributed by atoms with van der Waals surface area (Å²) in [6.07, 6.45) is 7.59. The lowest BCUT2D eigenvalue weighted by Gasteiger charge is -2.36. The van der Waals surface area contributed by atoms with Crippen LogP contribution in [-0.4, -0.2) is 65.7 Å². The molecule has 2 N–H and O–H groups in total. The first kappa shape index (κ1) is 29.6. The van der Waals surface area contributed by atoms with E-state index in [1.165, 1.54) is 0 Å². The van der Waals surface area contributed by atoms with Crippen LogP contribution in [0.15, 0.2) is 91.0 Å². The molecule has 3 aromatic rings. The van der Waals surface area contributed by atoms with Gasteiger partial charge in [0.2, 0.25) is 17.7 Å². The number of carbonyl (C=O) groups is 3. The van der Waals surface area contributed by atoms with Crippen molar-refractivity contribution in [2.45, 2.75) is 62.0 Å². The summed E-state index contributed by atoms with van der Waals surface area (Å²) in [5.74, 6) is -0.00292. The van der Waals surface area contributed by atoms with E-state index < -0.39 is 35.7 Å². The fraction of sp³-hybridized carbons (Fsp3) is 0.378. The number of rotatable bonds is 8. The van der Waals surface area contributed by atoms with Gasteiger partial charge in [-0.3, -0.25) is 14.4 Å². The van der Waals surface area contributed by atoms with Gasteiger partial charge in [-0.25, -0.2) is 0 Å². The number of likely N-dealkylation sites (tertiary alicyclic amines) is 1. The number of para-hydroxylation sites is 3. The molecule has 1 aliphatic carbocycles. The molecule has 3 aromatic carbocycles. The third kappa shape index (κ3) is 5.40. The third-order valence-corrected chi connectivity index (χ3v) is 9.95. The highest BCUT2D eigenvalue weighted by atomic mass is 16.6. The Bertz CT molecular complexity index is 1690. The van der Waals surface area contributed by atoms with E-state index >= 15 is 0 Å². The monoisotopic (exact) mass is 635 g/mol. The van der Waals surface area contributed by atoms with Crippen LogP contribution in [0.25, 0.3) is 0 Å². The van der Waals surface area contributed by atoms with Crippen LogP contribution in [0.5, 0.6) is 23.0 Å². The zero-order chi connectivity index (χ0) is 32.0. The summed E-state index contributed by atoms with van der Waals surface area (Å²) >= 11 is 0. The Morgan fingerprint density at radius 3 is 2.38 bits per heavy atom. The third-order valence-electron chi connectivity index (χ3n) is 9.95. The van der Waals surface area contributed by atoms with Crippen molar-refractivity contribution in [3.8, 4) is 23.0 Å². The summed E-state index contributed by atoms with van der Waals surface area (Å²) in [6.45, 7) is 0.343. The predicted molar refractivity (Wildman–Crippen MR) is 172 cm³/mol. The zero-order valence-electron chi connectivity index (χ0n) is 25.9. The number of nitrogens with one attached hydrogen (secondary N) is 2. The van der Waals surface area contributed by atoms with E-state index in [-0.39, 0.29) is 36.9 Å². The molecule has 0 unspecified atom stereocenters. The fourth-order valence-corrected chi connectivity index (χ4v) is 7.82. The molecule has 242 valence electrons. The van der Waals surface area contributed by atoms with Gasteiger partial charge in [0.05, 0.1) is 24.5 Å². The smallest absolute Gasteiger partial charge is 0.246 e. The van der Waals surface area contributed by atoms with Crippen molar-refractivity contribution in [2.24, 2.45) is 11.8 Å². The Balaban J connectivity index is 1.04. The SMILES string of the molecule is O=C(Nc1ccc(Oc2ccccc2)cc1)[C@H]1[C@H]2C=C[C@]3(O2)[C@H](C(=O)NC2CCCCC2)N(C[C@@H]2COc4ccccc4O2)C(=O)[C@@H]13. The Labute approximate surface area is 273 Å². The number of hydrogen-bond donors (Lipinski definition) is 2. The topological polar surface area (TPSA) is 115 Å². The van der Waals surface area contributed by atoms with Crippen molar-refractivity contribution in [3.05, 3.63) is 91.0 Å². The van der Waals surface area contributed by atoms with Crippen molar-refractivity contribution in [3.63, 3.8) is 0 Å². The summed E-state index contributed by atoms with van der Waals surface area (Å²) in [5, 5.41) is 6.21. The number of ether oxygens (including phenoxy) is 4. The number of anilines is 1. The van der Waals surface area contributed by atoms with Crippen molar-refractivity contribution < 1.29 is 33.3 Å². The number of benzene rings is 3. The summed E-state index contributed by atoms with van der Waals surface area (Å²) in [4.78, 5) is 44.1. The summed E-state index contributed by atoms with van der Waals surface area (Å²) < 4.78 is 24.6. The first-order chi connectivity index (χ1) is 23.0. The molecule has 0 radical (unpaired) electrons. The molecular weight excluding hydrogens is 598 g/mol. The van der Waals surface area contributed by atoms with Gasteiger partial charge in [0.15, 0.2) is 17.6 Å². The Morgan fingerprint density at radius 2 is 1.60 bits per heavy atom. The number of amides is 3. The van der Waals surface area contributed by atoms with Crippen LogP contribution in [-0.2, 0) is 19.1 Å². The van der Waals surface area contributed by atoms with Gasteiger partial charge in [-0.1, -0.05) is 61.7 Å². The molecule has 6 atom stereocenters. The Morgan fingerprint density at radius 1 is 0.872 bits per heavy atom. The van der Waals surface area contributed by atoms with E-state index in [9.17, 15) is 14.4 Å². The minimum atomic E-state index is -1.26. The highest BCUT2D eigenvalue weighted by Gasteiger charge is 2.73. The molecular formula is C37H37N3O7. The van der Waals surface area contributed by atoms with Gasteiger partial charge in [0.25, 0.3) is 0 Å². The van der Waals surface area contributed by atoms with E-state index in [1.54, 1.807) is 29.2 Å².